The molecule has 0 amide bonds. The van der Waals surface area contributed by atoms with Crippen LogP contribution >= 0.6 is 0 Å². The van der Waals surface area contributed by atoms with Crippen molar-refractivity contribution in [2.24, 2.45) is 0 Å². The van der Waals surface area contributed by atoms with Gasteiger partial charge in [0.15, 0.2) is 0 Å². The molecular weight excluding hydrogens is 104 g/mol. The van der Waals surface area contributed by atoms with E-state index in [1.54, 1.807) is 7.11 Å². The number of hydrogen-bond donors (Lipinski definition) is 0. The SMILES string of the molecule is [CH]CCOCCOC. The van der Waals surface area contributed by atoms with Gasteiger partial charge in [0.1, 0.15) is 0 Å². The summed E-state index contributed by atoms with van der Waals surface area (Å²) in [5.41, 5.74) is 0. The summed E-state index contributed by atoms with van der Waals surface area (Å²) in [6.45, 7) is 7.07. The molecule has 0 rings (SSSR count). The summed E-state index contributed by atoms with van der Waals surface area (Å²) in [5, 5.41) is 0. The molecular formula is C6H12O2. The van der Waals surface area contributed by atoms with Crippen LogP contribution in [-0.4, -0.2) is 26.9 Å². The Hall–Kier alpha value is -0.0800. The highest BCUT2D eigenvalue weighted by molar-refractivity contribution is 4.35. The van der Waals surface area contributed by atoms with Crippen molar-refractivity contribution in [1.29, 1.82) is 0 Å². The van der Waals surface area contributed by atoms with E-state index >= 15 is 0 Å². The lowest BCUT2D eigenvalue weighted by atomic mass is 10.5. The molecule has 0 unspecified atom stereocenters. The molecule has 0 aliphatic rings. The normalized spacial score (nSPS) is 9.75. The zero-order valence-electron chi connectivity index (χ0n) is 5.22. The van der Waals surface area contributed by atoms with Gasteiger partial charge in [-0.3, -0.25) is 0 Å². The van der Waals surface area contributed by atoms with Crippen molar-refractivity contribution in [2.75, 3.05) is 26.9 Å². The fourth-order valence-electron chi connectivity index (χ4n) is 0.328. The van der Waals surface area contributed by atoms with Gasteiger partial charge in [0, 0.05) is 13.7 Å². The molecule has 0 saturated carbocycles. The Morgan fingerprint density at radius 1 is 1.25 bits per heavy atom. The van der Waals surface area contributed by atoms with Crippen LogP contribution < -0.4 is 0 Å². The molecule has 0 aromatic carbocycles. The summed E-state index contributed by atoms with van der Waals surface area (Å²) in [4.78, 5) is 0. The standard InChI is InChI=1S/C6H12O2/c1-3-4-8-6-5-7-2/h1H,3-6H2,2H3. The minimum absolute atomic E-state index is 0.587. The van der Waals surface area contributed by atoms with Gasteiger partial charge in [0.25, 0.3) is 0 Å². The van der Waals surface area contributed by atoms with Crippen LogP contribution in [0.25, 0.3) is 0 Å². The second-order valence-corrected chi connectivity index (χ2v) is 1.39. The quantitative estimate of drug-likeness (QED) is 0.493. The molecule has 2 heteroatoms. The van der Waals surface area contributed by atoms with Gasteiger partial charge in [-0.1, -0.05) is 0 Å². The highest BCUT2D eigenvalue weighted by atomic mass is 16.5. The molecule has 48 valence electrons. The predicted molar refractivity (Wildman–Crippen MR) is 31.6 cm³/mol. The molecule has 0 saturated heterocycles. The van der Waals surface area contributed by atoms with Gasteiger partial charge in [-0.05, 0) is 13.3 Å². The predicted octanol–water partition coefficient (Wildman–Crippen LogP) is 0.751. The van der Waals surface area contributed by atoms with E-state index in [0.717, 1.165) is 0 Å². The van der Waals surface area contributed by atoms with E-state index in [1.165, 1.54) is 0 Å². The third-order valence-electron chi connectivity index (χ3n) is 0.694. The van der Waals surface area contributed by atoms with Crippen LogP contribution in [0.5, 0.6) is 0 Å². The summed E-state index contributed by atoms with van der Waals surface area (Å²) in [6.07, 6.45) is 0.587. The van der Waals surface area contributed by atoms with Crippen LogP contribution in [0, 0.1) is 6.92 Å². The topological polar surface area (TPSA) is 18.5 Å². The maximum absolute atomic E-state index is 5.14. The minimum Gasteiger partial charge on any atom is -0.382 e. The summed E-state index contributed by atoms with van der Waals surface area (Å²) < 4.78 is 9.70. The zero-order valence-corrected chi connectivity index (χ0v) is 5.22. The van der Waals surface area contributed by atoms with Crippen LogP contribution in [0.3, 0.4) is 0 Å². The van der Waals surface area contributed by atoms with E-state index in [0.29, 0.717) is 26.2 Å². The second-order valence-electron chi connectivity index (χ2n) is 1.39. The lowest BCUT2D eigenvalue weighted by molar-refractivity contribution is 0.0728. The molecule has 0 N–H and O–H groups in total. The van der Waals surface area contributed by atoms with E-state index in [1.807, 2.05) is 0 Å². The van der Waals surface area contributed by atoms with Crippen molar-refractivity contribution in [3.63, 3.8) is 0 Å². The maximum Gasteiger partial charge on any atom is 0.0700 e. The Morgan fingerprint density at radius 3 is 2.50 bits per heavy atom. The monoisotopic (exact) mass is 116 g/mol. The lowest BCUT2D eigenvalue weighted by Crippen LogP contribution is -2.01. The van der Waals surface area contributed by atoms with Crippen molar-refractivity contribution in [3.8, 4) is 0 Å². The van der Waals surface area contributed by atoms with Crippen molar-refractivity contribution < 1.29 is 9.47 Å². The van der Waals surface area contributed by atoms with E-state index in [4.69, 9.17) is 16.4 Å². The van der Waals surface area contributed by atoms with Gasteiger partial charge >= 0.3 is 0 Å². The smallest absolute Gasteiger partial charge is 0.0700 e. The molecule has 2 nitrogen and oxygen atoms in total. The van der Waals surface area contributed by atoms with Crippen LogP contribution in [0.4, 0.5) is 0 Å². The van der Waals surface area contributed by atoms with E-state index in [9.17, 15) is 0 Å². The molecule has 0 aromatic rings. The van der Waals surface area contributed by atoms with Gasteiger partial charge in [0.2, 0.25) is 0 Å². The fraction of sp³-hybridized carbons (Fsp3) is 0.833. The first kappa shape index (κ1) is 7.92. The molecule has 0 aromatic heterocycles. The summed E-state index contributed by atoms with van der Waals surface area (Å²) in [6, 6.07) is 0. The Balaban J connectivity index is 2.53. The Bertz CT molecular complexity index is 31.5. The van der Waals surface area contributed by atoms with Crippen LogP contribution in [0.1, 0.15) is 6.42 Å². The summed E-state index contributed by atoms with van der Waals surface area (Å²) >= 11 is 0. The van der Waals surface area contributed by atoms with Gasteiger partial charge in [-0.2, -0.15) is 0 Å². The Labute approximate surface area is 50.8 Å². The average Bonchev–Trinajstić information content (AvgIpc) is 1.81. The molecule has 0 aliphatic carbocycles. The molecule has 0 fully saturated rings. The third-order valence-corrected chi connectivity index (χ3v) is 0.694. The number of methoxy groups -OCH3 is 1. The van der Waals surface area contributed by atoms with Crippen molar-refractivity contribution in [3.05, 3.63) is 6.92 Å². The third kappa shape index (κ3) is 5.92. The fourth-order valence-corrected chi connectivity index (χ4v) is 0.328. The van der Waals surface area contributed by atoms with E-state index in [2.05, 4.69) is 0 Å². The minimum atomic E-state index is 0.587. The van der Waals surface area contributed by atoms with Gasteiger partial charge in [-0.25, -0.2) is 0 Å². The number of rotatable bonds is 5. The Morgan fingerprint density at radius 2 is 2.00 bits per heavy atom. The largest absolute Gasteiger partial charge is 0.382 e. The van der Waals surface area contributed by atoms with Gasteiger partial charge in [-0.15, -0.1) is 0 Å². The van der Waals surface area contributed by atoms with E-state index < -0.39 is 0 Å². The molecule has 0 heterocycles. The zero-order chi connectivity index (χ0) is 6.24. The van der Waals surface area contributed by atoms with Crippen LogP contribution in [-0.2, 0) is 9.47 Å². The second kappa shape index (κ2) is 6.92. The van der Waals surface area contributed by atoms with Crippen LogP contribution in [0.15, 0.2) is 0 Å². The van der Waals surface area contributed by atoms with E-state index in [-0.39, 0.29) is 0 Å². The Kier molecular flexibility index (Phi) is 6.85. The summed E-state index contributed by atoms with van der Waals surface area (Å²) in [5.74, 6) is 0. The van der Waals surface area contributed by atoms with Crippen molar-refractivity contribution >= 4 is 0 Å². The van der Waals surface area contributed by atoms with Crippen molar-refractivity contribution in [1.82, 2.24) is 0 Å². The molecule has 2 radical (unpaired) electrons. The highest BCUT2D eigenvalue weighted by Crippen LogP contribution is 1.78. The first-order valence-corrected chi connectivity index (χ1v) is 2.68. The summed E-state index contributed by atoms with van der Waals surface area (Å²) in [7, 11) is 1.64. The molecule has 0 spiro atoms. The first-order chi connectivity index (χ1) is 3.91. The first-order valence-electron chi connectivity index (χ1n) is 2.68. The molecule has 0 aliphatic heterocycles. The molecule has 0 bridgehead atoms. The van der Waals surface area contributed by atoms with Crippen molar-refractivity contribution in [2.45, 2.75) is 6.42 Å². The maximum atomic E-state index is 5.14. The van der Waals surface area contributed by atoms with Gasteiger partial charge in [0.05, 0.1) is 13.2 Å². The number of hydrogen-bond acceptors (Lipinski definition) is 2. The molecule has 0 atom stereocenters. The van der Waals surface area contributed by atoms with Gasteiger partial charge < -0.3 is 9.47 Å². The highest BCUT2D eigenvalue weighted by Gasteiger charge is 1.81. The lowest BCUT2D eigenvalue weighted by Gasteiger charge is -1.98. The number of ether oxygens (including phenoxy) is 2. The van der Waals surface area contributed by atoms with Crippen LogP contribution in [0.2, 0.25) is 0 Å². The molecule has 8 heavy (non-hydrogen) atoms. The average molecular weight is 116 g/mol.